The van der Waals surface area contributed by atoms with E-state index < -0.39 is 0 Å². The number of hydrogen-bond acceptors (Lipinski definition) is 7. The largest absolute Gasteiger partial charge is 0.454 e. The summed E-state index contributed by atoms with van der Waals surface area (Å²) in [5.74, 6) is 1.02. The SMILES string of the molecule is CCCCCCc1ccc(C(=O)N(CCC(=O)Nc2nnc(-c3ccc4c(c3)OCO4)s2)[C@H](C)c2ccccc2)cc1. The summed E-state index contributed by atoms with van der Waals surface area (Å²) in [5.41, 5.74) is 3.70. The third-order valence-electron chi connectivity index (χ3n) is 7.40. The maximum Gasteiger partial charge on any atom is 0.254 e. The number of aryl methyl sites for hydroxylation is 1. The third-order valence-corrected chi connectivity index (χ3v) is 8.29. The van der Waals surface area contributed by atoms with Crippen LogP contribution in [0.3, 0.4) is 0 Å². The van der Waals surface area contributed by atoms with E-state index in [0.717, 1.165) is 24.0 Å². The minimum Gasteiger partial charge on any atom is -0.454 e. The quantitative estimate of drug-likeness (QED) is 0.166. The molecule has 0 radical (unpaired) electrons. The zero-order chi connectivity index (χ0) is 29.3. The van der Waals surface area contributed by atoms with Crippen molar-refractivity contribution < 1.29 is 19.1 Å². The van der Waals surface area contributed by atoms with Gasteiger partial charge in [-0.3, -0.25) is 9.59 Å². The topological polar surface area (TPSA) is 93.7 Å². The molecule has 0 spiro atoms. The number of aromatic nitrogens is 2. The van der Waals surface area contributed by atoms with Gasteiger partial charge >= 0.3 is 0 Å². The van der Waals surface area contributed by atoms with Gasteiger partial charge in [-0.05, 0) is 61.2 Å². The van der Waals surface area contributed by atoms with E-state index in [-0.39, 0.29) is 37.6 Å². The van der Waals surface area contributed by atoms with Crippen LogP contribution in [0.25, 0.3) is 10.6 Å². The lowest BCUT2D eigenvalue weighted by atomic mass is 10.0. The van der Waals surface area contributed by atoms with Crippen LogP contribution in [-0.4, -0.2) is 40.2 Å². The zero-order valence-corrected chi connectivity index (χ0v) is 24.9. The Morgan fingerprint density at radius 1 is 0.952 bits per heavy atom. The van der Waals surface area contributed by atoms with Gasteiger partial charge in [0.05, 0.1) is 6.04 Å². The van der Waals surface area contributed by atoms with E-state index in [1.807, 2.05) is 79.7 Å². The second-order valence-electron chi connectivity index (χ2n) is 10.4. The molecule has 1 aliphatic rings. The second-order valence-corrected chi connectivity index (χ2v) is 11.3. The molecular formula is C33H36N4O4S. The Hall–Kier alpha value is -4.24. The number of benzene rings is 3. The van der Waals surface area contributed by atoms with Gasteiger partial charge in [0.1, 0.15) is 5.01 Å². The Bertz CT molecular complexity index is 1490. The number of unbranched alkanes of at least 4 members (excludes halogenated alkanes) is 3. The molecule has 0 saturated carbocycles. The lowest BCUT2D eigenvalue weighted by Crippen LogP contribution is -2.36. The van der Waals surface area contributed by atoms with E-state index in [4.69, 9.17) is 9.47 Å². The summed E-state index contributed by atoms with van der Waals surface area (Å²) in [7, 11) is 0. The van der Waals surface area contributed by atoms with E-state index in [0.29, 0.717) is 27.2 Å². The third kappa shape index (κ3) is 7.33. The number of ether oxygens (including phenoxy) is 2. The number of nitrogens with zero attached hydrogens (tertiary/aromatic N) is 3. The van der Waals surface area contributed by atoms with Crippen LogP contribution < -0.4 is 14.8 Å². The minimum atomic E-state index is -0.233. The van der Waals surface area contributed by atoms with Crippen molar-refractivity contribution in [3.05, 3.63) is 89.5 Å². The van der Waals surface area contributed by atoms with Gasteiger partial charge in [-0.15, -0.1) is 10.2 Å². The first-order valence-electron chi connectivity index (χ1n) is 14.5. The number of fused-ring (bicyclic) bond motifs is 1. The van der Waals surface area contributed by atoms with Crippen molar-refractivity contribution in [2.75, 3.05) is 18.7 Å². The molecule has 0 saturated heterocycles. The Balaban J connectivity index is 1.23. The first kappa shape index (κ1) is 29.3. The van der Waals surface area contributed by atoms with Crippen molar-refractivity contribution in [2.45, 2.75) is 58.4 Å². The molecule has 1 aromatic heterocycles. The predicted molar refractivity (Wildman–Crippen MR) is 165 cm³/mol. The number of hydrogen-bond donors (Lipinski definition) is 1. The van der Waals surface area contributed by atoms with Gasteiger partial charge in [-0.2, -0.15) is 0 Å². The van der Waals surface area contributed by atoms with Crippen molar-refractivity contribution in [1.82, 2.24) is 15.1 Å². The molecule has 4 aromatic rings. The standard InChI is InChI=1S/C33H36N4O4S/c1-3-4-5-7-10-24-13-15-26(16-14-24)32(39)37(23(2)25-11-8-6-9-12-25)20-19-30(38)34-33-36-35-31(42-33)27-17-18-28-29(21-27)41-22-40-28/h6,8-9,11-18,21,23H,3-5,7,10,19-20,22H2,1-2H3,(H,34,36,38)/t23-/m1/s1. The normalized spacial score (nSPS) is 12.6. The Morgan fingerprint density at radius 3 is 2.52 bits per heavy atom. The van der Waals surface area contributed by atoms with Crippen LogP contribution >= 0.6 is 11.3 Å². The molecule has 9 heteroatoms. The molecule has 218 valence electrons. The highest BCUT2D eigenvalue weighted by Crippen LogP contribution is 2.37. The number of anilines is 1. The fraction of sp³-hybridized carbons (Fsp3) is 0.333. The summed E-state index contributed by atoms with van der Waals surface area (Å²) in [5, 5.41) is 12.3. The molecule has 0 fully saturated rings. The maximum absolute atomic E-state index is 13.7. The van der Waals surface area contributed by atoms with Gasteiger partial charge in [-0.25, -0.2) is 0 Å². The number of carbonyl (C=O) groups is 2. The molecule has 3 aromatic carbocycles. The van der Waals surface area contributed by atoms with E-state index in [2.05, 4.69) is 22.4 Å². The molecule has 42 heavy (non-hydrogen) atoms. The highest BCUT2D eigenvalue weighted by molar-refractivity contribution is 7.18. The summed E-state index contributed by atoms with van der Waals surface area (Å²) in [6, 6.07) is 23.1. The van der Waals surface area contributed by atoms with E-state index in [9.17, 15) is 9.59 Å². The van der Waals surface area contributed by atoms with Gasteiger partial charge in [-0.1, -0.05) is 80.0 Å². The molecule has 0 aliphatic carbocycles. The van der Waals surface area contributed by atoms with Crippen LogP contribution in [0.5, 0.6) is 11.5 Å². The maximum atomic E-state index is 13.7. The van der Waals surface area contributed by atoms with Crippen molar-refractivity contribution in [3.8, 4) is 22.1 Å². The van der Waals surface area contributed by atoms with Crippen LogP contribution in [0, 0.1) is 0 Å². The van der Waals surface area contributed by atoms with Gasteiger partial charge in [0, 0.05) is 24.1 Å². The van der Waals surface area contributed by atoms with E-state index in [1.54, 1.807) is 4.90 Å². The lowest BCUT2D eigenvalue weighted by Gasteiger charge is -2.30. The van der Waals surface area contributed by atoms with Gasteiger partial charge in [0.2, 0.25) is 17.8 Å². The molecule has 1 atom stereocenters. The van der Waals surface area contributed by atoms with Crippen LogP contribution in [0.1, 0.15) is 73.5 Å². The summed E-state index contributed by atoms with van der Waals surface area (Å²) < 4.78 is 10.8. The molecular weight excluding hydrogens is 548 g/mol. The summed E-state index contributed by atoms with van der Waals surface area (Å²) >= 11 is 1.28. The Kier molecular flexibility index (Phi) is 9.82. The molecule has 2 amide bonds. The van der Waals surface area contributed by atoms with Crippen molar-refractivity contribution in [1.29, 1.82) is 0 Å². The number of rotatable bonds is 13. The average Bonchev–Trinajstić information content (AvgIpc) is 3.69. The minimum absolute atomic E-state index is 0.0994. The number of nitrogens with one attached hydrogen (secondary N) is 1. The fourth-order valence-electron chi connectivity index (χ4n) is 4.94. The Morgan fingerprint density at radius 2 is 1.74 bits per heavy atom. The molecule has 8 nitrogen and oxygen atoms in total. The average molecular weight is 585 g/mol. The molecule has 0 unspecified atom stereocenters. The van der Waals surface area contributed by atoms with Gasteiger partial charge in [0.15, 0.2) is 11.5 Å². The van der Waals surface area contributed by atoms with Gasteiger partial charge in [0.25, 0.3) is 5.91 Å². The van der Waals surface area contributed by atoms with Crippen molar-refractivity contribution in [3.63, 3.8) is 0 Å². The molecule has 2 heterocycles. The van der Waals surface area contributed by atoms with Crippen LogP contribution in [-0.2, 0) is 11.2 Å². The number of carbonyl (C=O) groups excluding carboxylic acids is 2. The Labute approximate surface area is 250 Å². The first-order valence-corrected chi connectivity index (χ1v) is 15.3. The first-order chi connectivity index (χ1) is 20.5. The fourth-order valence-corrected chi connectivity index (χ4v) is 5.70. The van der Waals surface area contributed by atoms with Crippen molar-refractivity contribution in [2.24, 2.45) is 0 Å². The lowest BCUT2D eigenvalue weighted by molar-refractivity contribution is -0.116. The highest BCUT2D eigenvalue weighted by Gasteiger charge is 2.24. The molecule has 1 N–H and O–H groups in total. The van der Waals surface area contributed by atoms with E-state index >= 15 is 0 Å². The molecule has 0 bridgehead atoms. The second kappa shape index (κ2) is 14.1. The summed E-state index contributed by atoms with van der Waals surface area (Å²) in [6.45, 7) is 4.66. The number of amides is 2. The summed E-state index contributed by atoms with van der Waals surface area (Å²) in [6.07, 6.45) is 5.97. The smallest absolute Gasteiger partial charge is 0.254 e. The molecule has 1 aliphatic heterocycles. The van der Waals surface area contributed by atoms with Crippen LogP contribution in [0.4, 0.5) is 5.13 Å². The molecule has 5 rings (SSSR count). The van der Waals surface area contributed by atoms with Crippen molar-refractivity contribution >= 4 is 28.3 Å². The monoisotopic (exact) mass is 584 g/mol. The van der Waals surface area contributed by atoms with E-state index in [1.165, 1.54) is 36.2 Å². The zero-order valence-electron chi connectivity index (χ0n) is 24.0. The summed E-state index contributed by atoms with van der Waals surface area (Å²) in [4.78, 5) is 28.5. The predicted octanol–water partition coefficient (Wildman–Crippen LogP) is 7.29. The van der Waals surface area contributed by atoms with Gasteiger partial charge < -0.3 is 19.7 Å². The van der Waals surface area contributed by atoms with Crippen LogP contribution in [0.15, 0.2) is 72.8 Å². The van der Waals surface area contributed by atoms with Crippen LogP contribution in [0.2, 0.25) is 0 Å². The highest BCUT2D eigenvalue weighted by atomic mass is 32.1.